The van der Waals surface area contributed by atoms with Crippen molar-refractivity contribution in [1.29, 1.82) is 0 Å². The zero-order valence-electron chi connectivity index (χ0n) is 23.2. The third-order valence-electron chi connectivity index (χ3n) is 6.53. The van der Waals surface area contributed by atoms with Crippen molar-refractivity contribution >= 4 is 22.8 Å². The summed E-state index contributed by atoms with van der Waals surface area (Å²) in [5, 5.41) is 2.69. The number of halogens is 1. The Morgan fingerprint density at radius 3 is 1.98 bits per heavy atom. The number of hydrogen-bond donors (Lipinski definition) is 2. The standard InChI is InChI=1S/C20H23N3O3S.C9H9F.C2H7N/c1-27(26)23-13-11-22(12-14-23)19(24)15-21-20(25)18-9-7-17(8-10-18)16-5-3-2-4-6-16;10-9-5-3-8(4-6-9)7-1-2-7;1-2-3/h2-10H,11-15H2,1H3,(H,21,25);3-7H,1-2H2;2-3H2,1H3. The predicted octanol–water partition coefficient (Wildman–Crippen LogP) is 4.19. The molecule has 1 saturated carbocycles. The van der Waals surface area contributed by atoms with Gasteiger partial charge in [-0.2, -0.15) is 0 Å². The first-order valence-corrected chi connectivity index (χ1v) is 15.1. The summed E-state index contributed by atoms with van der Waals surface area (Å²) in [4.78, 5) is 26.3. The first-order valence-electron chi connectivity index (χ1n) is 13.6. The van der Waals surface area contributed by atoms with E-state index in [0.717, 1.165) is 23.6 Å². The van der Waals surface area contributed by atoms with Gasteiger partial charge in [0.2, 0.25) is 5.91 Å². The summed E-state index contributed by atoms with van der Waals surface area (Å²) < 4.78 is 25.6. The Morgan fingerprint density at radius 1 is 0.900 bits per heavy atom. The highest BCUT2D eigenvalue weighted by Gasteiger charge is 2.23. The smallest absolute Gasteiger partial charge is 0.251 e. The SMILES string of the molecule is CCN.CS(=O)N1CCN(C(=O)CNC(=O)c2ccc(-c3ccccc3)cc2)CC1.Fc1ccc(C2CC2)cc1. The van der Waals surface area contributed by atoms with Gasteiger partial charge in [-0.25, -0.2) is 12.9 Å². The summed E-state index contributed by atoms with van der Waals surface area (Å²) in [7, 11) is -1.01. The Kier molecular flexibility index (Phi) is 12.5. The van der Waals surface area contributed by atoms with E-state index in [-0.39, 0.29) is 24.2 Å². The zero-order chi connectivity index (χ0) is 28.9. The second-order valence-electron chi connectivity index (χ2n) is 9.59. The molecule has 0 spiro atoms. The van der Waals surface area contributed by atoms with E-state index in [4.69, 9.17) is 5.73 Å². The topological polar surface area (TPSA) is 95.7 Å². The second-order valence-corrected chi connectivity index (χ2v) is 11.0. The minimum absolute atomic E-state index is 0.0332. The monoisotopic (exact) mass is 566 g/mol. The van der Waals surface area contributed by atoms with Crippen LogP contribution < -0.4 is 11.1 Å². The molecule has 1 atom stereocenters. The fourth-order valence-corrected chi connectivity index (χ4v) is 4.84. The fourth-order valence-electron chi connectivity index (χ4n) is 4.16. The number of carbonyl (C=O) groups excluding carboxylic acids is 2. The number of nitrogens with two attached hydrogens (primary N) is 1. The van der Waals surface area contributed by atoms with Crippen LogP contribution in [-0.2, 0) is 15.8 Å². The van der Waals surface area contributed by atoms with Crippen LogP contribution in [0, 0.1) is 5.82 Å². The lowest BCUT2D eigenvalue weighted by Crippen LogP contribution is -2.51. The molecular weight excluding hydrogens is 527 g/mol. The molecule has 214 valence electrons. The van der Waals surface area contributed by atoms with Crippen LogP contribution in [0.1, 0.15) is 41.6 Å². The fraction of sp³-hybridized carbons (Fsp3) is 0.355. The number of hydrogen-bond acceptors (Lipinski definition) is 4. The van der Waals surface area contributed by atoms with Crippen LogP contribution in [0.2, 0.25) is 0 Å². The number of rotatable bonds is 6. The lowest BCUT2D eigenvalue weighted by Gasteiger charge is -2.33. The maximum Gasteiger partial charge on any atom is 0.251 e. The Bertz CT molecular complexity index is 1230. The lowest BCUT2D eigenvalue weighted by molar-refractivity contribution is -0.131. The molecule has 0 bridgehead atoms. The molecule has 1 saturated heterocycles. The average molecular weight is 567 g/mol. The van der Waals surface area contributed by atoms with Gasteiger partial charge in [0, 0.05) is 38.0 Å². The van der Waals surface area contributed by atoms with Gasteiger partial charge in [0.25, 0.3) is 5.91 Å². The van der Waals surface area contributed by atoms with Crippen LogP contribution in [0.15, 0.2) is 78.9 Å². The highest BCUT2D eigenvalue weighted by molar-refractivity contribution is 7.81. The maximum absolute atomic E-state index is 12.4. The molecule has 3 N–H and O–H groups in total. The van der Waals surface area contributed by atoms with E-state index in [0.29, 0.717) is 31.7 Å². The molecule has 1 aliphatic heterocycles. The Morgan fingerprint density at radius 2 is 1.45 bits per heavy atom. The molecule has 2 aliphatic rings. The number of piperazine rings is 1. The maximum atomic E-state index is 12.4. The summed E-state index contributed by atoms with van der Waals surface area (Å²) in [5.41, 5.74) is 8.79. The highest BCUT2D eigenvalue weighted by atomic mass is 32.2. The van der Waals surface area contributed by atoms with Crippen LogP contribution in [0.25, 0.3) is 11.1 Å². The molecule has 3 aromatic carbocycles. The molecule has 2 amide bonds. The summed E-state index contributed by atoms with van der Waals surface area (Å²) in [6.45, 7) is 4.85. The Labute approximate surface area is 239 Å². The number of nitrogens with one attached hydrogen (secondary N) is 1. The molecule has 1 aliphatic carbocycles. The summed E-state index contributed by atoms with van der Waals surface area (Å²) in [6.07, 6.45) is 4.21. The molecule has 0 aromatic heterocycles. The van der Waals surface area contributed by atoms with Gasteiger partial charge in [0.15, 0.2) is 0 Å². The largest absolute Gasteiger partial charge is 0.343 e. The van der Waals surface area contributed by atoms with E-state index in [1.807, 2.05) is 65.8 Å². The molecule has 1 unspecified atom stereocenters. The second kappa shape index (κ2) is 16.0. The van der Waals surface area contributed by atoms with E-state index in [9.17, 15) is 18.2 Å². The van der Waals surface area contributed by atoms with Gasteiger partial charge in [-0.15, -0.1) is 0 Å². The summed E-state index contributed by atoms with van der Waals surface area (Å²) in [5.74, 6) is 0.215. The Balaban J connectivity index is 0.000000278. The van der Waals surface area contributed by atoms with Crippen molar-refractivity contribution in [3.63, 3.8) is 0 Å². The molecule has 2 fully saturated rings. The van der Waals surface area contributed by atoms with Crippen LogP contribution in [0.3, 0.4) is 0 Å². The summed E-state index contributed by atoms with van der Waals surface area (Å²) in [6, 6.07) is 24.1. The highest BCUT2D eigenvalue weighted by Crippen LogP contribution is 2.39. The number of amides is 2. The van der Waals surface area contributed by atoms with E-state index >= 15 is 0 Å². The molecule has 7 nitrogen and oxygen atoms in total. The Hall–Kier alpha value is -3.40. The predicted molar refractivity (Wildman–Crippen MR) is 160 cm³/mol. The van der Waals surface area contributed by atoms with E-state index in [1.54, 1.807) is 23.3 Å². The first-order chi connectivity index (χ1) is 19.3. The molecule has 5 rings (SSSR count). The van der Waals surface area contributed by atoms with Crippen molar-refractivity contribution in [2.45, 2.75) is 25.7 Å². The van der Waals surface area contributed by atoms with Crippen molar-refractivity contribution in [3.8, 4) is 11.1 Å². The number of nitrogens with zero attached hydrogens (tertiary/aromatic N) is 2. The van der Waals surface area contributed by atoms with Gasteiger partial charge in [0.05, 0.1) is 17.5 Å². The van der Waals surface area contributed by atoms with E-state index in [1.165, 1.54) is 30.5 Å². The van der Waals surface area contributed by atoms with Crippen molar-refractivity contribution in [3.05, 3.63) is 95.8 Å². The molecular formula is C31H39FN4O3S. The summed E-state index contributed by atoms with van der Waals surface area (Å²) >= 11 is 0. The van der Waals surface area contributed by atoms with Gasteiger partial charge in [-0.05, 0) is 66.3 Å². The van der Waals surface area contributed by atoms with Gasteiger partial charge in [-0.1, -0.05) is 61.5 Å². The van der Waals surface area contributed by atoms with E-state index < -0.39 is 11.0 Å². The molecule has 0 radical (unpaired) electrons. The molecule has 1 heterocycles. The number of benzene rings is 3. The minimum atomic E-state index is -1.01. The number of carbonyl (C=O) groups is 2. The third-order valence-corrected chi connectivity index (χ3v) is 7.62. The quantitative estimate of drug-likeness (QED) is 0.468. The van der Waals surface area contributed by atoms with Gasteiger partial charge in [0.1, 0.15) is 5.82 Å². The molecule has 3 aromatic rings. The molecule has 9 heteroatoms. The van der Waals surface area contributed by atoms with Crippen molar-refractivity contribution in [2.24, 2.45) is 5.73 Å². The van der Waals surface area contributed by atoms with Crippen molar-refractivity contribution < 1.29 is 18.2 Å². The van der Waals surface area contributed by atoms with Crippen LogP contribution in [0.5, 0.6) is 0 Å². The zero-order valence-corrected chi connectivity index (χ0v) is 24.0. The van der Waals surface area contributed by atoms with Gasteiger partial charge >= 0.3 is 0 Å². The van der Waals surface area contributed by atoms with Crippen LogP contribution in [-0.4, -0.2) is 70.8 Å². The average Bonchev–Trinajstić information content (AvgIpc) is 3.83. The first kappa shape index (κ1) is 31.1. The lowest BCUT2D eigenvalue weighted by atomic mass is 10.0. The normalized spacial score (nSPS) is 15.6. The molecule has 40 heavy (non-hydrogen) atoms. The van der Waals surface area contributed by atoms with E-state index in [2.05, 4.69) is 5.32 Å². The van der Waals surface area contributed by atoms with Gasteiger partial charge in [-0.3, -0.25) is 9.59 Å². The van der Waals surface area contributed by atoms with Crippen LogP contribution >= 0.6 is 0 Å². The minimum Gasteiger partial charge on any atom is -0.343 e. The van der Waals surface area contributed by atoms with Crippen molar-refractivity contribution in [1.82, 2.24) is 14.5 Å². The van der Waals surface area contributed by atoms with Crippen molar-refractivity contribution in [2.75, 3.05) is 45.5 Å². The van der Waals surface area contributed by atoms with Gasteiger partial charge < -0.3 is 16.0 Å². The third kappa shape index (κ3) is 9.97. The van der Waals surface area contributed by atoms with Crippen LogP contribution in [0.4, 0.5) is 4.39 Å².